The molecule has 3 amide bonds. The van der Waals surface area contributed by atoms with Gasteiger partial charge in [-0.25, -0.2) is 0 Å². The maximum Gasteiger partial charge on any atom is 0.255 e. The van der Waals surface area contributed by atoms with Crippen molar-refractivity contribution < 1.29 is 14.4 Å². The normalized spacial score (nSPS) is 13.6. The fraction of sp³-hybridized carbons (Fsp3) is 0.250. The highest BCUT2D eigenvalue weighted by molar-refractivity contribution is 6.05. The van der Waals surface area contributed by atoms with Gasteiger partial charge in [0.2, 0.25) is 5.91 Å². The van der Waals surface area contributed by atoms with Gasteiger partial charge in [0.1, 0.15) is 0 Å². The Hall–Kier alpha value is -3.15. The van der Waals surface area contributed by atoms with Crippen LogP contribution in [0.3, 0.4) is 0 Å². The first-order valence-corrected chi connectivity index (χ1v) is 8.49. The van der Waals surface area contributed by atoms with Crippen molar-refractivity contribution in [2.75, 3.05) is 30.9 Å². The molecule has 6 heteroatoms. The minimum absolute atomic E-state index is 0.0880. The van der Waals surface area contributed by atoms with Gasteiger partial charge in [0.05, 0.1) is 0 Å². The fourth-order valence-electron chi connectivity index (χ4n) is 2.87. The van der Waals surface area contributed by atoms with E-state index in [1.54, 1.807) is 67.5 Å². The monoisotopic (exact) mass is 351 g/mol. The van der Waals surface area contributed by atoms with Crippen molar-refractivity contribution in [1.82, 2.24) is 4.90 Å². The van der Waals surface area contributed by atoms with Gasteiger partial charge in [-0.15, -0.1) is 0 Å². The number of nitrogens with one attached hydrogen (secondary N) is 1. The van der Waals surface area contributed by atoms with Gasteiger partial charge in [-0.1, -0.05) is 0 Å². The number of nitrogens with zero attached hydrogens (tertiary/aromatic N) is 2. The number of hydrogen-bond acceptors (Lipinski definition) is 3. The van der Waals surface area contributed by atoms with E-state index in [0.717, 1.165) is 18.7 Å². The van der Waals surface area contributed by atoms with Crippen molar-refractivity contribution in [3.63, 3.8) is 0 Å². The van der Waals surface area contributed by atoms with Gasteiger partial charge >= 0.3 is 0 Å². The van der Waals surface area contributed by atoms with Crippen molar-refractivity contribution in [1.29, 1.82) is 0 Å². The standard InChI is InChI=1S/C20H21N3O3/c1-22(2)20(26)15-5-9-16(10-6-15)21-19(25)14-7-11-17(12-8-14)23-13-3-4-18(23)24/h5-12H,3-4,13H2,1-2H3,(H,21,25). The molecular weight excluding hydrogens is 330 g/mol. The van der Waals surface area contributed by atoms with Crippen LogP contribution in [0.1, 0.15) is 33.6 Å². The molecule has 26 heavy (non-hydrogen) atoms. The first-order valence-electron chi connectivity index (χ1n) is 8.49. The predicted octanol–water partition coefficient (Wildman–Crippen LogP) is 2.77. The van der Waals surface area contributed by atoms with Crippen LogP contribution in [0.4, 0.5) is 11.4 Å². The van der Waals surface area contributed by atoms with Gasteiger partial charge in [0.15, 0.2) is 0 Å². The Morgan fingerprint density at radius 1 is 0.962 bits per heavy atom. The first kappa shape index (κ1) is 17.7. The highest BCUT2D eigenvalue weighted by Crippen LogP contribution is 2.22. The van der Waals surface area contributed by atoms with Gasteiger partial charge in [-0.2, -0.15) is 0 Å². The summed E-state index contributed by atoms with van der Waals surface area (Å²) in [5.74, 6) is -0.208. The fourth-order valence-corrected chi connectivity index (χ4v) is 2.87. The average molecular weight is 351 g/mol. The van der Waals surface area contributed by atoms with E-state index in [4.69, 9.17) is 0 Å². The Morgan fingerprint density at radius 3 is 2.12 bits per heavy atom. The molecule has 0 spiro atoms. The summed E-state index contributed by atoms with van der Waals surface area (Å²) in [6.07, 6.45) is 1.45. The summed E-state index contributed by atoms with van der Waals surface area (Å²) in [5.41, 5.74) is 2.50. The van der Waals surface area contributed by atoms with Crippen molar-refractivity contribution in [3.8, 4) is 0 Å². The number of benzene rings is 2. The third kappa shape index (κ3) is 3.74. The van der Waals surface area contributed by atoms with E-state index in [2.05, 4.69) is 5.32 Å². The second-order valence-electron chi connectivity index (χ2n) is 6.43. The SMILES string of the molecule is CN(C)C(=O)c1ccc(NC(=O)c2ccc(N3CCCC3=O)cc2)cc1. The minimum Gasteiger partial charge on any atom is -0.345 e. The number of hydrogen-bond donors (Lipinski definition) is 1. The molecule has 0 aromatic heterocycles. The van der Waals surface area contributed by atoms with E-state index in [0.29, 0.717) is 23.2 Å². The number of anilines is 2. The number of carbonyl (C=O) groups excluding carboxylic acids is 3. The maximum absolute atomic E-state index is 12.4. The van der Waals surface area contributed by atoms with E-state index in [1.165, 1.54) is 4.90 Å². The summed E-state index contributed by atoms with van der Waals surface area (Å²) in [6.45, 7) is 0.725. The van der Waals surface area contributed by atoms with E-state index < -0.39 is 0 Å². The lowest BCUT2D eigenvalue weighted by Crippen LogP contribution is -2.23. The van der Waals surface area contributed by atoms with Gasteiger partial charge in [-0.05, 0) is 55.0 Å². The van der Waals surface area contributed by atoms with Crippen LogP contribution in [0.25, 0.3) is 0 Å². The van der Waals surface area contributed by atoms with Gasteiger partial charge in [0, 0.05) is 49.6 Å². The van der Waals surface area contributed by atoms with Crippen molar-refractivity contribution in [3.05, 3.63) is 59.7 Å². The molecule has 1 heterocycles. The minimum atomic E-state index is -0.240. The molecule has 1 fully saturated rings. The molecule has 2 aromatic carbocycles. The van der Waals surface area contributed by atoms with Gasteiger partial charge < -0.3 is 15.1 Å². The Balaban J connectivity index is 1.66. The molecule has 0 saturated carbocycles. The summed E-state index contributed by atoms with van der Waals surface area (Å²) in [6, 6.07) is 13.8. The van der Waals surface area contributed by atoms with E-state index in [9.17, 15) is 14.4 Å². The molecule has 0 radical (unpaired) electrons. The lowest BCUT2D eigenvalue weighted by Gasteiger charge is -2.16. The lowest BCUT2D eigenvalue weighted by molar-refractivity contribution is -0.117. The average Bonchev–Trinajstić information content (AvgIpc) is 3.07. The molecule has 134 valence electrons. The second kappa shape index (κ2) is 7.39. The van der Waals surface area contributed by atoms with Crippen molar-refractivity contribution in [2.24, 2.45) is 0 Å². The van der Waals surface area contributed by atoms with Crippen molar-refractivity contribution in [2.45, 2.75) is 12.8 Å². The third-order valence-corrected chi connectivity index (χ3v) is 4.31. The molecule has 1 aliphatic rings. The van der Waals surface area contributed by atoms with Crippen LogP contribution in [0.5, 0.6) is 0 Å². The van der Waals surface area contributed by atoms with Crippen LogP contribution < -0.4 is 10.2 Å². The highest BCUT2D eigenvalue weighted by atomic mass is 16.2. The molecule has 0 bridgehead atoms. The summed E-state index contributed by atoms with van der Waals surface area (Å²) < 4.78 is 0. The van der Waals surface area contributed by atoms with Crippen LogP contribution in [-0.2, 0) is 4.79 Å². The van der Waals surface area contributed by atoms with Crippen molar-refractivity contribution >= 4 is 29.1 Å². The molecule has 2 aromatic rings. The van der Waals surface area contributed by atoms with E-state index in [1.807, 2.05) is 0 Å². The van der Waals surface area contributed by atoms with Crippen LogP contribution in [0.2, 0.25) is 0 Å². The number of carbonyl (C=O) groups is 3. The Bertz CT molecular complexity index is 826. The Morgan fingerprint density at radius 2 is 1.58 bits per heavy atom. The molecule has 1 saturated heterocycles. The molecular formula is C20H21N3O3. The Kier molecular flexibility index (Phi) is 5.02. The predicted molar refractivity (Wildman–Crippen MR) is 100 cm³/mol. The molecule has 0 aliphatic carbocycles. The molecule has 1 N–H and O–H groups in total. The largest absolute Gasteiger partial charge is 0.345 e. The smallest absolute Gasteiger partial charge is 0.255 e. The number of rotatable bonds is 4. The zero-order valence-corrected chi connectivity index (χ0v) is 14.9. The first-order chi connectivity index (χ1) is 12.5. The van der Waals surface area contributed by atoms with E-state index >= 15 is 0 Å². The number of amides is 3. The lowest BCUT2D eigenvalue weighted by atomic mass is 10.1. The molecule has 0 atom stereocenters. The third-order valence-electron chi connectivity index (χ3n) is 4.31. The topological polar surface area (TPSA) is 69.7 Å². The van der Waals surface area contributed by atoms with Crippen LogP contribution in [-0.4, -0.2) is 43.3 Å². The van der Waals surface area contributed by atoms with Crippen LogP contribution >= 0.6 is 0 Å². The van der Waals surface area contributed by atoms with E-state index in [-0.39, 0.29) is 17.7 Å². The molecule has 6 nitrogen and oxygen atoms in total. The summed E-state index contributed by atoms with van der Waals surface area (Å²) >= 11 is 0. The quantitative estimate of drug-likeness (QED) is 0.921. The maximum atomic E-state index is 12.4. The van der Waals surface area contributed by atoms with Crippen LogP contribution in [0, 0.1) is 0 Å². The molecule has 1 aliphatic heterocycles. The zero-order chi connectivity index (χ0) is 18.7. The van der Waals surface area contributed by atoms with Crippen LogP contribution in [0.15, 0.2) is 48.5 Å². The second-order valence-corrected chi connectivity index (χ2v) is 6.43. The molecule has 0 unspecified atom stereocenters. The van der Waals surface area contributed by atoms with Gasteiger partial charge in [0.25, 0.3) is 11.8 Å². The summed E-state index contributed by atoms with van der Waals surface area (Å²) in [4.78, 5) is 39.3. The highest BCUT2D eigenvalue weighted by Gasteiger charge is 2.21. The Labute approximate surface area is 152 Å². The summed E-state index contributed by atoms with van der Waals surface area (Å²) in [5, 5.41) is 2.81. The molecule has 3 rings (SSSR count). The van der Waals surface area contributed by atoms with Gasteiger partial charge in [-0.3, -0.25) is 14.4 Å². The summed E-state index contributed by atoms with van der Waals surface area (Å²) in [7, 11) is 3.38. The zero-order valence-electron chi connectivity index (χ0n) is 14.9.